The number of rotatable bonds is 5. The van der Waals surface area contributed by atoms with Gasteiger partial charge in [-0.3, -0.25) is 0 Å². The zero-order chi connectivity index (χ0) is 11.5. The summed E-state index contributed by atoms with van der Waals surface area (Å²) in [6.45, 7) is 1.57. The minimum Gasteiger partial charge on any atom is -0.395 e. The predicted octanol–water partition coefficient (Wildman–Crippen LogP) is -0.531. The first-order chi connectivity index (χ1) is 6.99. The van der Waals surface area contributed by atoms with E-state index in [1.807, 2.05) is 0 Å². The Morgan fingerprint density at radius 3 is 2.73 bits per heavy atom. The lowest BCUT2D eigenvalue weighted by molar-refractivity contribution is 0.253. The van der Waals surface area contributed by atoms with E-state index in [9.17, 15) is 8.42 Å². The molecule has 0 spiro atoms. The summed E-state index contributed by atoms with van der Waals surface area (Å²) < 4.78 is 27.3. The number of aryl methyl sites for hydroxylation is 1. The van der Waals surface area contributed by atoms with Crippen LogP contribution >= 0.6 is 0 Å². The minimum atomic E-state index is -3.60. The molecule has 0 saturated heterocycles. The number of sulfonamides is 1. The fourth-order valence-corrected chi connectivity index (χ4v) is 2.35. The first kappa shape index (κ1) is 12.2. The van der Waals surface area contributed by atoms with Crippen LogP contribution in [0.1, 0.15) is 13.3 Å². The third-order valence-electron chi connectivity index (χ3n) is 1.99. The molecule has 0 aromatic carbocycles. The van der Waals surface area contributed by atoms with Crippen molar-refractivity contribution in [2.45, 2.75) is 24.4 Å². The summed E-state index contributed by atoms with van der Waals surface area (Å²) in [5, 5.41) is 8.86. The van der Waals surface area contributed by atoms with Gasteiger partial charge in [0.05, 0.1) is 12.9 Å². The molecule has 0 amide bonds. The van der Waals surface area contributed by atoms with Crippen molar-refractivity contribution in [2.75, 3.05) is 6.61 Å². The second-order valence-electron chi connectivity index (χ2n) is 3.29. The van der Waals surface area contributed by atoms with E-state index in [4.69, 9.17) is 5.11 Å². The molecule has 0 aliphatic carbocycles. The van der Waals surface area contributed by atoms with Gasteiger partial charge in [0.15, 0.2) is 5.03 Å². The van der Waals surface area contributed by atoms with Crippen molar-refractivity contribution < 1.29 is 13.5 Å². The summed E-state index contributed by atoms with van der Waals surface area (Å²) in [4.78, 5) is 3.74. The lowest BCUT2D eigenvalue weighted by Gasteiger charge is -2.12. The van der Waals surface area contributed by atoms with E-state index >= 15 is 0 Å². The number of aliphatic hydroxyl groups excluding tert-OH is 1. The number of hydrogen-bond acceptors (Lipinski definition) is 4. The largest absolute Gasteiger partial charge is 0.395 e. The van der Waals surface area contributed by atoms with Crippen LogP contribution in [0, 0.1) is 0 Å². The molecule has 1 aromatic rings. The van der Waals surface area contributed by atoms with Crippen LogP contribution in [0.4, 0.5) is 0 Å². The van der Waals surface area contributed by atoms with E-state index in [-0.39, 0.29) is 11.6 Å². The number of aliphatic hydroxyl groups is 1. The van der Waals surface area contributed by atoms with Gasteiger partial charge < -0.3 is 9.67 Å². The normalized spacial score (nSPS) is 14.1. The van der Waals surface area contributed by atoms with Gasteiger partial charge in [0.1, 0.15) is 0 Å². The molecule has 0 radical (unpaired) electrons. The van der Waals surface area contributed by atoms with E-state index in [0.717, 1.165) is 0 Å². The van der Waals surface area contributed by atoms with Crippen molar-refractivity contribution in [2.24, 2.45) is 7.05 Å². The van der Waals surface area contributed by atoms with E-state index in [0.29, 0.717) is 6.42 Å². The van der Waals surface area contributed by atoms with Crippen molar-refractivity contribution >= 4 is 10.0 Å². The van der Waals surface area contributed by atoms with Crippen molar-refractivity contribution in [3.05, 3.63) is 12.5 Å². The highest BCUT2D eigenvalue weighted by Crippen LogP contribution is 2.05. The topological polar surface area (TPSA) is 84.2 Å². The molecule has 0 aliphatic rings. The van der Waals surface area contributed by atoms with Crippen molar-refractivity contribution in [3.8, 4) is 0 Å². The number of imidazole rings is 1. The summed E-state index contributed by atoms with van der Waals surface area (Å²) in [6.07, 6.45) is 3.35. The third-order valence-corrected chi connectivity index (χ3v) is 3.40. The molecule has 1 aromatic heterocycles. The molecule has 86 valence electrons. The Labute approximate surface area is 89.0 Å². The second kappa shape index (κ2) is 4.73. The van der Waals surface area contributed by atoms with Gasteiger partial charge in [-0.05, 0) is 6.42 Å². The number of aromatic nitrogens is 2. The molecule has 7 heteroatoms. The Bertz CT molecular complexity index is 409. The van der Waals surface area contributed by atoms with Crippen LogP contribution in [0.2, 0.25) is 0 Å². The first-order valence-electron chi connectivity index (χ1n) is 4.60. The van der Waals surface area contributed by atoms with Gasteiger partial charge in [-0.1, -0.05) is 6.92 Å². The average molecular weight is 233 g/mol. The minimum absolute atomic E-state index is 0.0306. The van der Waals surface area contributed by atoms with E-state index < -0.39 is 16.1 Å². The number of hydrogen-bond donors (Lipinski definition) is 2. The van der Waals surface area contributed by atoms with Crippen LogP contribution in [0.5, 0.6) is 0 Å². The first-order valence-corrected chi connectivity index (χ1v) is 6.09. The van der Waals surface area contributed by atoms with Crippen LogP contribution in [-0.4, -0.2) is 35.7 Å². The second-order valence-corrected chi connectivity index (χ2v) is 4.95. The fraction of sp³-hybridized carbons (Fsp3) is 0.625. The molecule has 0 saturated carbocycles. The van der Waals surface area contributed by atoms with E-state index in [1.165, 1.54) is 12.5 Å². The van der Waals surface area contributed by atoms with Gasteiger partial charge in [-0.25, -0.2) is 18.1 Å². The standard InChI is InChI=1S/C8H15N3O3S/c1-3-7(5-12)10-15(13,14)8-4-11(2)6-9-8/h4,6-7,10,12H,3,5H2,1-2H3/t7-/m0/s1. The Morgan fingerprint density at radius 1 is 1.67 bits per heavy atom. The SMILES string of the molecule is CC[C@@H](CO)NS(=O)(=O)c1cn(C)cn1. The fourth-order valence-electron chi connectivity index (χ4n) is 1.06. The van der Waals surface area contributed by atoms with Crippen molar-refractivity contribution in [3.63, 3.8) is 0 Å². The van der Waals surface area contributed by atoms with E-state index in [1.54, 1.807) is 18.5 Å². The lowest BCUT2D eigenvalue weighted by Crippen LogP contribution is -2.37. The van der Waals surface area contributed by atoms with Gasteiger partial charge in [0.2, 0.25) is 0 Å². The molecule has 6 nitrogen and oxygen atoms in total. The molecule has 2 N–H and O–H groups in total. The summed E-state index contributed by atoms with van der Waals surface area (Å²) >= 11 is 0. The molecular formula is C8H15N3O3S. The van der Waals surface area contributed by atoms with E-state index in [2.05, 4.69) is 9.71 Å². The maximum atomic E-state index is 11.7. The lowest BCUT2D eigenvalue weighted by atomic mass is 10.3. The Hall–Kier alpha value is -0.920. The van der Waals surface area contributed by atoms with Crippen molar-refractivity contribution in [1.82, 2.24) is 14.3 Å². The Balaban J connectivity index is 2.84. The Kier molecular flexibility index (Phi) is 3.83. The third kappa shape index (κ3) is 3.01. The highest BCUT2D eigenvalue weighted by Gasteiger charge is 2.20. The molecule has 1 atom stereocenters. The van der Waals surface area contributed by atoms with Crippen LogP contribution in [0.3, 0.4) is 0 Å². The summed E-state index contributed by atoms with van der Waals surface area (Å²) in [7, 11) is -1.91. The summed E-state index contributed by atoms with van der Waals surface area (Å²) in [5.74, 6) is 0. The highest BCUT2D eigenvalue weighted by molar-refractivity contribution is 7.89. The van der Waals surface area contributed by atoms with Crippen LogP contribution in [-0.2, 0) is 17.1 Å². The summed E-state index contributed by atoms with van der Waals surface area (Å²) in [5.41, 5.74) is 0. The Morgan fingerprint density at radius 2 is 2.33 bits per heavy atom. The number of nitrogens with one attached hydrogen (secondary N) is 1. The molecule has 1 heterocycles. The number of nitrogens with zero attached hydrogens (tertiary/aromatic N) is 2. The van der Waals surface area contributed by atoms with Crippen LogP contribution < -0.4 is 4.72 Å². The van der Waals surface area contributed by atoms with Crippen molar-refractivity contribution in [1.29, 1.82) is 0 Å². The van der Waals surface area contributed by atoms with Gasteiger partial charge in [0.25, 0.3) is 10.0 Å². The molecule has 0 fully saturated rings. The summed E-state index contributed by atoms with van der Waals surface area (Å²) in [6, 6.07) is -0.461. The maximum Gasteiger partial charge on any atom is 0.259 e. The molecule has 15 heavy (non-hydrogen) atoms. The van der Waals surface area contributed by atoms with Crippen LogP contribution in [0.25, 0.3) is 0 Å². The van der Waals surface area contributed by atoms with Gasteiger partial charge >= 0.3 is 0 Å². The monoisotopic (exact) mass is 233 g/mol. The predicted molar refractivity (Wildman–Crippen MR) is 54.7 cm³/mol. The average Bonchev–Trinajstić information content (AvgIpc) is 2.62. The smallest absolute Gasteiger partial charge is 0.259 e. The zero-order valence-corrected chi connectivity index (χ0v) is 9.53. The van der Waals surface area contributed by atoms with Gasteiger partial charge in [0, 0.05) is 19.3 Å². The van der Waals surface area contributed by atoms with Crippen LogP contribution in [0.15, 0.2) is 17.6 Å². The zero-order valence-electron chi connectivity index (χ0n) is 8.71. The molecule has 0 aliphatic heterocycles. The van der Waals surface area contributed by atoms with Gasteiger partial charge in [-0.15, -0.1) is 0 Å². The van der Waals surface area contributed by atoms with Gasteiger partial charge in [-0.2, -0.15) is 0 Å². The highest BCUT2D eigenvalue weighted by atomic mass is 32.2. The molecular weight excluding hydrogens is 218 g/mol. The molecule has 0 bridgehead atoms. The quantitative estimate of drug-likeness (QED) is 0.716. The maximum absolute atomic E-state index is 11.7. The molecule has 0 unspecified atom stereocenters. The molecule has 1 rings (SSSR count).